The second-order valence-electron chi connectivity index (χ2n) is 8.74. The number of hydrogen-bond donors (Lipinski definition) is 0. The van der Waals surface area contributed by atoms with Gasteiger partial charge in [0, 0.05) is 51.9 Å². The van der Waals surface area contributed by atoms with Crippen molar-refractivity contribution in [2.45, 2.75) is 51.0 Å². The van der Waals surface area contributed by atoms with E-state index in [-0.39, 0.29) is 0 Å². The molecule has 3 saturated heterocycles. The van der Waals surface area contributed by atoms with E-state index in [1.54, 1.807) is 7.11 Å². The summed E-state index contributed by atoms with van der Waals surface area (Å²) in [6.45, 7) is 8.53. The van der Waals surface area contributed by atoms with Gasteiger partial charge in [0.15, 0.2) is 0 Å². The van der Waals surface area contributed by atoms with E-state index in [9.17, 15) is 0 Å². The molecule has 0 bridgehead atoms. The van der Waals surface area contributed by atoms with Gasteiger partial charge in [0.2, 0.25) is 11.9 Å². The molecule has 1 aromatic rings. The van der Waals surface area contributed by atoms with Crippen molar-refractivity contribution in [3.8, 4) is 6.01 Å². The zero-order valence-electron chi connectivity index (χ0n) is 18.2. The number of likely N-dealkylation sites (N-methyl/N-ethyl adjacent to an activating group) is 1. The van der Waals surface area contributed by atoms with E-state index in [1.165, 1.54) is 58.0 Å². The first kappa shape index (κ1) is 20.6. The molecular weight excluding hydrogens is 366 g/mol. The second-order valence-corrected chi connectivity index (χ2v) is 8.74. The SMILES string of the molecule is COc1nc(N2CCCCCC2)nc(N2CCN(CC3CCCCN3C)CC2)n1. The molecule has 3 aliphatic rings. The molecule has 0 radical (unpaired) electrons. The predicted octanol–water partition coefficient (Wildman–Crippen LogP) is 1.87. The summed E-state index contributed by atoms with van der Waals surface area (Å²) in [5.74, 6) is 1.55. The number of nitrogens with zero attached hydrogens (tertiary/aromatic N) is 7. The Morgan fingerprint density at radius 1 is 0.759 bits per heavy atom. The average Bonchev–Trinajstić information content (AvgIpc) is 3.05. The van der Waals surface area contributed by atoms with Gasteiger partial charge in [-0.2, -0.15) is 15.0 Å². The number of likely N-dealkylation sites (tertiary alicyclic amines) is 1. The first-order valence-corrected chi connectivity index (χ1v) is 11.5. The third kappa shape index (κ3) is 5.28. The van der Waals surface area contributed by atoms with Crippen molar-refractivity contribution in [1.29, 1.82) is 0 Å². The minimum Gasteiger partial charge on any atom is -0.467 e. The van der Waals surface area contributed by atoms with Crippen molar-refractivity contribution in [3.05, 3.63) is 0 Å². The summed E-state index contributed by atoms with van der Waals surface area (Å²) < 4.78 is 5.41. The third-order valence-electron chi connectivity index (χ3n) is 6.71. The van der Waals surface area contributed by atoms with Gasteiger partial charge in [0.05, 0.1) is 7.11 Å². The molecule has 1 aromatic heterocycles. The summed E-state index contributed by atoms with van der Waals surface area (Å²) in [6, 6.07) is 1.14. The fourth-order valence-electron chi connectivity index (χ4n) is 4.78. The maximum absolute atomic E-state index is 5.41. The molecule has 4 rings (SSSR count). The molecule has 0 amide bonds. The molecule has 1 unspecified atom stereocenters. The van der Waals surface area contributed by atoms with Crippen LogP contribution in [0.5, 0.6) is 6.01 Å². The molecule has 29 heavy (non-hydrogen) atoms. The van der Waals surface area contributed by atoms with E-state index in [2.05, 4.69) is 36.6 Å². The minimum atomic E-state index is 0.431. The van der Waals surface area contributed by atoms with E-state index < -0.39 is 0 Å². The molecule has 0 spiro atoms. The van der Waals surface area contributed by atoms with Crippen LogP contribution in [0.2, 0.25) is 0 Å². The van der Waals surface area contributed by atoms with Crippen LogP contribution in [0.4, 0.5) is 11.9 Å². The predicted molar refractivity (Wildman–Crippen MR) is 116 cm³/mol. The van der Waals surface area contributed by atoms with Crippen molar-refractivity contribution in [3.63, 3.8) is 0 Å². The lowest BCUT2D eigenvalue weighted by atomic mass is 10.0. The summed E-state index contributed by atoms with van der Waals surface area (Å²) in [4.78, 5) is 23.7. The van der Waals surface area contributed by atoms with Gasteiger partial charge in [-0.25, -0.2) is 0 Å². The van der Waals surface area contributed by atoms with Crippen LogP contribution in [0.25, 0.3) is 0 Å². The highest BCUT2D eigenvalue weighted by molar-refractivity contribution is 5.41. The Hall–Kier alpha value is -1.67. The van der Waals surface area contributed by atoms with E-state index >= 15 is 0 Å². The molecule has 162 valence electrons. The van der Waals surface area contributed by atoms with Gasteiger partial charge < -0.3 is 19.4 Å². The van der Waals surface area contributed by atoms with Crippen LogP contribution >= 0.6 is 0 Å². The number of ether oxygens (including phenoxy) is 1. The van der Waals surface area contributed by atoms with Crippen LogP contribution in [-0.4, -0.2) is 97.3 Å². The minimum absolute atomic E-state index is 0.431. The highest BCUT2D eigenvalue weighted by Crippen LogP contribution is 2.22. The summed E-state index contributed by atoms with van der Waals surface area (Å²) in [6.07, 6.45) is 9.06. The molecule has 3 fully saturated rings. The second kappa shape index (κ2) is 9.89. The van der Waals surface area contributed by atoms with Crippen LogP contribution in [0.1, 0.15) is 44.9 Å². The number of aromatic nitrogens is 3. The Bertz CT molecular complexity index is 642. The maximum Gasteiger partial charge on any atom is 0.322 e. The lowest BCUT2D eigenvalue weighted by Crippen LogP contribution is -2.52. The molecule has 3 aliphatic heterocycles. The highest BCUT2D eigenvalue weighted by Gasteiger charge is 2.26. The van der Waals surface area contributed by atoms with Gasteiger partial charge in [0.25, 0.3) is 0 Å². The normalized spacial score (nSPS) is 25.1. The summed E-state index contributed by atoms with van der Waals surface area (Å²) in [7, 11) is 3.92. The molecule has 0 aliphatic carbocycles. The van der Waals surface area contributed by atoms with Gasteiger partial charge in [-0.1, -0.05) is 19.3 Å². The zero-order valence-corrected chi connectivity index (χ0v) is 18.2. The first-order valence-electron chi connectivity index (χ1n) is 11.5. The van der Waals surface area contributed by atoms with Gasteiger partial charge >= 0.3 is 6.01 Å². The third-order valence-corrected chi connectivity index (χ3v) is 6.71. The van der Waals surface area contributed by atoms with E-state index in [4.69, 9.17) is 9.72 Å². The van der Waals surface area contributed by atoms with E-state index in [0.717, 1.165) is 51.2 Å². The Labute approximate surface area is 175 Å². The van der Waals surface area contributed by atoms with Crippen LogP contribution in [0, 0.1) is 0 Å². The summed E-state index contributed by atoms with van der Waals surface area (Å²) in [5.41, 5.74) is 0. The van der Waals surface area contributed by atoms with Gasteiger partial charge in [-0.15, -0.1) is 0 Å². The van der Waals surface area contributed by atoms with Gasteiger partial charge in [-0.05, 0) is 39.3 Å². The van der Waals surface area contributed by atoms with Gasteiger partial charge in [-0.3, -0.25) is 4.90 Å². The summed E-state index contributed by atoms with van der Waals surface area (Å²) >= 11 is 0. The lowest BCUT2D eigenvalue weighted by Gasteiger charge is -2.40. The van der Waals surface area contributed by atoms with E-state index in [0.29, 0.717) is 12.1 Å². The number of hydrogen-bond acceptors (Lipinski definition) is 8. The molecule has 8 heteroatoms. The molecule has 0 aromatic carbocycles. The van der Waals surface area contributed by atoms with Crippen LogP contribution in [0.15, 0.2) is 0 Å². The maximum atomic E-state index is 5.41. The fraction of sp³-hybridized carbons (Fsp3) is 0.857. The number of anilines is 2. The number of piperidine rings is 1. The highest BCUT2D eigenvalue weighted by atomic mass is 16.5. The topological polar surface area (TPSA) is 60.9 Å². The number of piperazine rings is 1. The lowest BCUT2D eigenvalue weighted by molar-refractivity contribution is 0.124. The smallest absolute Gasteiger partial charge is 0.322 e. The largest absolute Gasteiger partial charge is 0.467 e. The Balaban J connectivity index is 1.39. The molecule has 8 nitrogen and oxygen atoms in total. The number of rotatable bonds is 5. The van der Waals surface area contributed by atoms with Crippen LogP contribution in [-0.2, 0) is 0 Å². The van der Waals surface area contributed by atoms with Gasteiger partial charge in [0.1, 0.15) is 0 Å². The standard InChI is InChI=1S/C21H37N7O/c1-25-10-8-5-9-18(25)17-26-13-15-28(16-14-26)20-22-19(23-21(24-20)29-2)27-11-6-3-4-7-12-27/h18H,3-17H2,1-2H3. The monoisotopic (exact) mass is 403 g/mol. The zero-order chi connectivity index (χ0) is 20.1. The Kier molecular flexibility index (Phi) is 7.02. The summed E-state index contributed by atoms with van der Waals surface area (Å²) in [5, 5.41) is 0. The van der Waals surface area contributed by atoms with E-state index in [1.807, 2.05) is 0 Å². The molecular formula is C21H37N7O. The van der Waals surface area contributed by atoms with Crippen LogP contribution < -0.4 is 14.5 Å². The first-order chi connectivity index (χ1) is 14.2. The quantitative estimate of drug-likeness (QED) is 0.738. The molecule has 4 heterocycles. The van der Waals surface area contributed by atoms with Crippen molar-refractivity contribution >= 4 is 11.9 Å². The van der Waals surface area contributed by atoms with Crippen molar-refractivity contribution in [2.24, 2.45) is 0 Å². The van der Waals surface area contributed by atoms with Crippen molar-refractivity contribution < 1.29 is 4.74 Å². The molecule has 0 saturated carbocycles. The average molecular weight is 404 g/mol. The van der Waals surface area contributed by atoms with Crippen LogP contribution in [0.3, 0.4) is 0 Å². The number of methoxy groups -OCH3 is 1. The fourth-order valence-corrected chi connectivity index (χ4v) is 4.78. The van der Waals surface area contributed by atoms with Crippen molar-refractivity contribution in [2.75, 3.05) is 76.3 Å². The molecule has 1 atom stereocenters. The van der Waals surface area contributed by atoms with Crippen molar-refractivity contribution in [1.82, 2.24) is 24.8 Å². The Morgan fingerprint density at radius 2 is 1.38 bits per heavy atom. The molecule has 0 N–H and O–H groups in total. The Morgan fingerprint density at radius 3 is 2.00 bits per heavy atom.